The normalized spacial score (nSPS) is 32.2. The number of amides is 1. The van der Waals surface area contributed by atoms with Crippen LogP contribution < -0.4 is 5.32 Å². The third-order valence-corrected chi connectivity index (χ3v) is 3.48. The van der Waals surface area contributed by atoms with Crippen LogP contribution in [0.4, 0.5) is 0 Å². The van der Waals surface area contributed by atoms with E-state index in [-0.39, 0.29) is 11.9 Å². The summed E-state index contributed by atoms with van der Waals surface area (Å²) in [5.41, 5.74) is 0. The molecule has 2 unspecified atom stereocenters. The number of carbonyl (C=O) groups is 1. The monoisotopic (exact) mass is 226 g/mol. The summed E-state index contributed by atoms with van der Waals surface area (Å²) in [4.78, 5) is 13.4. The summed E-state index contributed by atoms with van der Waals surface area (Å²) in [5.74, 6) is 1.73. The lowest BCUT2D eigenvalue weighted by atomic mass is 9.80. The van der Waals surface area contributed by atoms with Gasteiger partial charge in [0.2, 0.25) is 5.91 Å². The maximum atomic E-state index is 11.7. The minimum Gasteiger partial charge on any atom is -0.347 e. The van der Waals surface area contributed by atoms with E-state index in [1.54, 1.807) is 4.90 Å². The van der Waals surface area contributed by atoms with E-state index in [1.165, 1.54) is 19.3 Å². The molecule has 0 saturated heterocycles. The summed E-state index contributed by atoms with van der Waals surface area (Å²) in [7, 11) is 3.62. The summed E-state index contributed by atoms with van der Waals surface area (Å²) in [6.07, 6.45) is 3.74. The molecule has 0 radical (unpaired) electrons. The lowest BCUT2D eigenvalue weighted by Crippen LogP contribution is -2.48. The van der Waals surface area contributed by atoms with Crippen LogP contribution in [-0.4, -0.2) is 37.0 Å². The first-order valence-electron chi connectivity index (χ1n) is 6.37. The number of nitrogens with zero attached hydrogens (tertiary/aromatic N) is 1. The molecule has 1 aliphatic carbocycles. The van der Waals surface area contributed by atoms with Crippen molar-refractivity contribution in [1.29, 1.82) is 0 Å². The van der Waals surface area contributed by atoms with Gasteiger partial charge in [0.25, 0.3) is 0 Å². The van der Waals surface area contributed by atoms with Gasteiger partial charge in [0.05, 0.1) is 6.04 Å². The number of rotatable bonds is 3. The molecule has 1 amide bonds. The third-order valence-electron chi connectivity index (χ3n) is 3.48. The van der Waals surface area contributed by atoms with Crippen LogP contribution in [0.15, 0.2) is 0 Å². The van der Waals surface area contributed by atoms with Crippen molar-refractivity contribution >= 4 is 5.91 Å². The van der Waals surface area contributed by atoms with Crippen molar-refractivity contribution in [2.24, 2.45) is 11.8 Å². The van der Waals surface area contributed by atoms with Gasteiger partial charge in [-0.25, -0.2) is 0 Å². The first-order chi connectivity index (χ1) is 7.40. The van der Waals surface area contributed by atoms with Gasteiger partial charge in [-0.15, -0.1) is 0 Å². The van der Waals surface area contributed by atoms with E-state index >= 15 is 0 Å². The van der Waals surface area contributed by atoms with E-state index in [2.05, 4.69) is 19.2 Å². The molecule has 3 heteroatoms. The Bertz CT molecular complexity index is 230. The van der Waals surface area contributed by atoms with Crippen molar-refractivity contribution in [2.45, 2.75) is 52.1 Å². The van der Waals surface area contributed by atoms with Gasteiger partial charge in [-0.3, -0.25) is 4.79 Å². The number of likely N-dealkylation sites (N-methyl/N-ethyl adjacent to an activating group) is 1. The highest BCUT2D eigenvalue weighted by atomic mass is 16.2. The molecule has 1 N–H and O–H groups in total. The highest BCUT2D eigenvalue weighted by molar-refractivity contribution is 5.80. The Labute approximate surface area is 99.6 Å². The highest BCUT2D eigenvalue weighted by Crippen LogP contribution is 2.28. The zero-order chi connectivity index (χ0) is 12.3. The maximum Gasteiger partial charge on any atom is 0.238 e. The zero-order valence-corrected chi connectivity index (χ0v) is 11.3. The molecule has 0 aromatic heterocycles. The quantitative estimate of drug-likeness (QED) is 0.797. The van der Waals surface area contributed by atoms with Crippen molar-refractivity contribution in [1.82, 2.24) is 10.2 Å². The van der Waals surface area contributed by atoms with Crippen molar-refractivity contribution < 1.29 is 4.79 Å². The Hall–Kier alpha value is -0.570. The predicted molar refractivity (Wildman–Crippen MR) is 67.3 cm³/mol. The average Bonchev–Trinajstić information content (AvgIpc) is 2.14. The lowest BCUT2D eigenvalue weighted by molar-refractivity contribution is -0.130. The Kier molecular flexibility index (Phi) is 4.78. The van der Waals surface area contributed by atoms with Crippen LogP contribution >= 0.6 is 0 Å². The van der Waals surface area contributed by atoms with Gasteiger partial charge >= 0.3 is 0 Å². The van der Waals surface area contributed by atoms with Crippen LogP contribution in [0.25, 0.3) is 0 Å². The second-order valence-electron chi connectivity index (χ2n) is 5.74. The Morgan fingerprint density at radius 2 is 1.69 bits per heavy atom. The van der Waals surface area contributed by atoms with Gasteiger partial charge in [-0.2, -0.15) is 0 Å². The molecule has 0 aliphatic heterocycles. The van der Waals surface area contributed by atoms with Gasteiger partial charge in [0.15, 0.2) is 0 Å². The first-order valence-corrected chi connectivity index (χ1v) is 6.37. The summed E-state index contributed by atoms with van der Waals surface area (Å²) >= 11 is 0. The third kappa shape index (κ3) is 3.78. The van der Waals surface area contributed by atoms with Crippen LogP contribution in [0.5, 0.6) is 0 Å². The van der Waals surface area contributed by atoms with E-state index in [0.717, 1.165) is 11.8 Å². The molecule has 1 rings (SSSR count). The Morgan fingerprint density at radius 1 is 1.19 bits per heavy atom. The van der Waals surface area contributed by atoms with E-state index in [1.807, 2.05) is 21.0 Å². The second-order valence-corrected chi connectivity index (χ2v) is 5.74. The fraction of sp³-hybridized carbons (Fsp3) is 0.923. The summed E-state index contributed by atoms with van der Waals surface area (Å²) in [5, 5.41) is 3.47. The molecule has 0 aromatic rings. The predicted octanol–water partition coefficient (Wildman–Crippen LogP) is 1.88. The fourth-order valence-electron chi connectivity index (χ4n) is 2.90. The van der Waals surface area contributed by atoms with Crippen molar-refractivity contribution in [3.05, 3.63) is 0 Å². The molecule has 1 saturated carbocycles. The van der Waals surface area contributed by atoms with E-state index in [0.29, 0.717) is 6.04 Å². The van der Waals surface area contributed by atoms with Crippen LogP contribution in [-0.2, 0) is 4.79 Å². The van der Waals surface area contributed by atoms with Crippen LogP contribution in [0.3, 0.4) is 0 Å². The van der Waals surface area contributed by atoms with Crippen molar-refractivity contribution in [2.75, 3.05) is 14.1 Å². The SMILES string of the molecule is CC1CC(C)CC(N[C@H](C)C(=O)N(C)C)C1. The molecule has 1 aliphatic rings. The van der Waals surface area contributed by atoms with Crippen LogP contribution in [0.2, 0.25) is 0 Å². The molecular weight excluding hydrogens is 200 g/mol. The van der Waals surface area contributed by atoms with Gasteiger partial charge in [0.1, 0.15) is 0 Å². The molecule has 3 nitrogen and oxygen atoms in total. The van der Waals surface area contributed by atoms with Gasteiger partial charge in [-0.1, -0.05) is 13.8 Å². The van der Waals surface area contributed by atoms with Crippen molar-refractivity contribution in [3.8, 4) is 0 Å². The molecule has 0 bridgehead atoms. The smallest absolute Gasteiger partial charge is 0.238 e. The Balaban J connectivity index is 2.44. The molecule has 0 spiro atoms. The second kappa shape index (κ2) is 5.67. The number of hydrogen-bond acceptors (Lipinski definition) is 2. The minimum atomic E-state index is -0.0579. The largest absolute Gasteiger partial charge is 0.347 e. The Morgan fingerprint density at radius 3 is 2.12 bits per heavy atom. The molecule has 94 valence electrons. The summed E-state index contributed by atoms with van der Waals surface area (Å²) in [6.45, 7) is 6.58. The summed E-state index contributed by atoms with van der Waals surface area (Å²) < 4.78 is 0. The number of hydrogen-bond donors (Lipinski definition) is 1. The van der Waals surface area contributed by atoms with Crippen LogP contribution in [0.1, 0.15) is 40.0 Å². The topological polar surface area (TPSA) is 32.3 Å². The van der Waals surface area contributed by atoms with Crippen LogP contribution in [0, 0.1) is 11.8 Å². The van der Waals surface area contributed by atoms with E-state index in [9.17, 15) is 4.79 Å². The molecule has 0 aromatic carbocycles. The minimum absolute atomic E-state index is 0.0579. The first kappa shape index (κ1) is 13.5. The maximum absolute atomic E-state index is 11.7. The van der Waals surface area contributed by atoms with Gasteiger partial charge < -0.3 is 10.2 Å². The molecule has 1 fully saturated rings. The zero-order valence-electron chi connectivity index (χ0n) is 11.3. The van der Waals surface area contributed by atoms with Gasteiger partial charge in [0, 0.05) is 20.1 Å². The molecule has 16 heavy (non-hydrogen) atoms. The molecule has 0 heterocycles. The highest BCUT2D eigenvalue weighted by Gasteiger charge is 2.26. The summed E-state index contributed by atoms with van der Waals surface area (Å²) in [6, 6.07) is 0.454. The average molecular weight is 226 g/mol. The lowest BCUT2D eigenvalue weighted by Gasteiger charge is -2.34. The molecular formula is C13H26N2O. The number of carbonyl (C=O) groups excluding carboxylic acids is 1. The van der Waals surface area contributed by atoms with E-state index < -0.39 is 0 Å². The van der Waals surface area contributed by atoms with Crippen molar-refractivity contribution in [3.63, 3.8) is 0 Å². The standard InChI is InChI=1S/C13H26N2O/c1-9-6-10(2)8-12(7-9)14-11(3)13(16)15(4)5/h9-12,14H,6-8H2,1-5H3/t9?,10?,11-,12?/m1/s1. The van der Waals surface area contributed by atoms with E-state index in [4.69, 9.17) is 0 Å². The fourth-order valence-corrected chi connectivity index (χ4v) is 2.90. The van der Waals surface area contributed by atoms with Gasteiger partial charge in [-0.05, 0) is 38.0 Å². The molecule has 3 atom stereocenters. The number of nitrogens with one attached hydrogen (secondary N) is 1.